The number of nitrogens with zero attached hydrogens (tertiary/aromatic N) is 10. The van der Waals surface area contributed by atoms with Crippen LogP contribution in [0.4, 0.5) is 23.8 Å². The molecule has 0 saturated heterocycles. The summed E-state index contributed by atoms with van der Waals surface area (Å²) in [6, 6.07) is 0. The number of rotatable bonds is 2. The van der Waals surface area contributed by atoms with Gasteiger partial charge in [0.05, 0.1) is 0 Å². The Hall–Kier alpha value is -3.92. The van der Waals surface area contributed by atoms with Gasteiger partial charge in [-0.3, -0.25) is 0 Å². The van der Waals surface area contributed by atoms with Crippen LogP contribution in [0, 0.1) is 26.0 Å². The van der Waals surface area contributed by atoms with Gasteiger partial charge < -0.3 is 26.0 Å². The van der Waals surface area contributed by atoms with Crippen LogP contribution in [0.1, 0.15) is 0 Å². The van der Waals surface area contributed by atoms with E-state index in [2.05, 4.69) is 25.5 Å². The molecule has 0 bridgehead atoms. The molecule has 0 amide bonds. The lowest BCUT2D eigenvalue weighted by atomic mass is 11.0. The molecule has 0 aromatic carbocycles. The van der Waals surface area contributed by atoms with Crippen molar-refractivity contribution in [2.75, 3.05) is 11.5 Å². The Kier molecular flexibility index (Phi) is 2.98. The van der Waals surface area contributed by atoms with Crippen LogP contribution >= 0.6 is 0 Å². The summed E-state index contributed by atoms with van der Waals surface area (Å²) in [5, 5.41) is 70.5. The van der Waals surface area contributed by atoms with Gasteiger partial charge in [0.25, 0.3) is 0 Å². The van der Waals surface area contributed by atoms with Crippen LogP contribution in [0.3, 0.4) is 0 Å². The molecule has 0 saturated carbocycles. The molecule has 0 atom stereocenters. The van der Waals surface area contributed by atoms with Crippen molar-refractivity contribution >= 4 is 23.8 Å². The molecule has 0 spiro atoms. The first-order valence-corrected chi connectivity index (χ1v) is 4.73. The van der Waals surface area contributed by atoms with E-state index in [4.69, 9.17) is 11.5 Å². The number of nitrogen functional groups attached to an aromatic ring is 2. The summed E-state index contributed by atoms with van der Waals surface area (Å²) in [5.41, 5.74) is 9.92. The second-order valence-corrected chi connectivity index (χ2v) is 3.18. The van der Waals surface area contributed by atoms with Crippen molar-refractivity contribution in [1.82, 2.24) is 20.4 Å². The minimum atomic E-state index is -1.04. The van der Waals surface area contributed by atoms with Gasteiger partial charge in [-0.1, -0.05) is 5.11 Å². The van der Waals surface area contributed by atoms with E-state index in [1.165, 1.54) is 0 Å². The van der Waals surface area contributed by atoms with Crippen molar-refractivity contribution in [3.63, 3.8) is 0 Å². The molecule has 21 heavy (non-hydrogen) atoms. The third-order valence-corrected chi connectivity index (χ3v) is 1.86. The summed E-state index contributed by atoms with van der Waals surface area (Å²) < 4.78 is 0. The fourth-order valence-electron chi connectivity index (χ4n) is 0.959. The Morgan fingerprint density at radius 2 is 1.19 bits per heavy atom. The van der Waals surface area contributed by atoms with Crippen molar-refractivity contribution in [2.45, 2.75) is 0 Å². The third kappa shape index (κ3) is 2.45. The Morgan fingerprint density at radius 1 is 0.810 bits per heavy atom. The summed E-state index contributed by atoms with van der Waals surface area (Å²) in [7, 11) is 0. The summed E-state index contributed by atoms with van der Waals surface area (Å²) in [6.07, 6.45) is 0. The van der Waals surface area contributed by atoms with E-state index in [0.29, 0.717) is 0 Å². The zero-order valence-electron chi connectivity index (χ0n) is 9.67. The van der Waals surface area contributed by atoms with Gasteiger partial charge >= 0.3 is 23.8 Å². The largest absolute Gasteiger partial charge is 0.721 e. The molecule has 0 unspecified atom stereocenters. The fraction of sp³-hybridized carbons (Fsp3) is 0. The van der Waals surface area contributed by atoms with Gasteiger partial charge in [0.15, 0.2) is 10.2 Å². The van der Waals surface area contributed by atoms with Crippen LogP contribution in [-0.2, 0) is 0 Å². The minimum Gasteiger partial charge on any atom is -0.721 e. The summed E-state index contributed by atoms with van der Waals surface area (Å²) in [6.45, 7) is 0. The summed E-state index contributed by atoms with van der Waals surface area (Å²) in [5.74, 6) is -3.81. The maximum Gasteiger partial charge on any atom is 0.607 e. The maximum absolute atomic E-state index is 11.5. The number of aromatic nitrogens is 8. The first kappa shape index (κ1) is 13.5. The van der Waals surface area contributed by atoms with E-state index >= 15 is 0 Å². The molecule has 2 aromatic heterocycles. The first-order valence-electron chi connectivity index (χ1n) is 4.73. The van der Waals surface area contributed by atoms with Gasteiger partial charge in [-0.2, -0.15) is 0 Å². The molecule has 0 aliphatic rings. The molecular formula is C4H4N12O5. The number of nitrogens with two attached hydrogens (primary N) is 2. The lowest BCUT2D eigenvalue weighted by Crippen LogP contribution is -2.51. The topological polar surface area (TPSA) is 250 Å². The molecule has 2 heterocycles. The standard InChI is InChI=1S/C4H4N12O5/c5-1-12(17)7-3(8-13(1)18)9-16(21)4-10-14(19)2(6)15(20)11-4/h5-6H2/b16-9-. The van der Waals surface area contributed by atoms with E-state index in [1.807, 2.05) is 0 Å². The summed E-state index contributed by atoms with van der Waals surface area (Å²) in [4.78, 5) is -1.95. The third-order valence-electron chi connectivity index (χ3n) is 1.86. The number of anilines is 2. The Bertz CT molecular complexity index is 698. The highest BCUT2D eigenvalue weighted by atomic mass is 16.5. The van der Waals surface area contributed by atoms with Gasteiger partial charge in [0, 0.05) is 19.9 Å². The van der Waals surface area contributed by atoms with Gasteiger partial charge in [0.1, 0.15) is 0 Å². The quantitative estimate of drug-likeness (QED) is 0.229. The van der Waals surface area contributed by atoms with Crippen LogP contribution in [0.15, 0.2) is 5.11 Å². The van der Waals surface area contributed by atoms with Gasteiger partial charge in [-0.25, -0.2) is 11.5 Å². The number of hydrogen-bond donors (Lipinski definition) is 2. The van der Waals surface area contributed by atoms with Crippen molar-refractivity contribution in [3.8, 4) is 0 Å². The van der Waals surface area contributed by atoms with Crippen molar-refractivity contribution < 1.29 is 24.2 Å². The van der Waals surface area contributed by atoms with Crippen molar-refractivity contribution in [2.24, 2.45) is 5.11 Å². The number of azo groups is 1. The second kappa shape index (κ2) is 4.64. The van der Waals surface area contributed by atoms with Crippen LogP contribution < -0.4 is 30.8 Å². The molecule has 0 aliphatic heterocycles. The molecule has 4 N–H and O–H groups in total. The van der Waals surface area contributed by atoms with E-state index in [9.17, 15) is 26.0 Å². The average molecular weight is 300 g/mol. The highest BCUT2D eigenvalue weighted by Crippen LogP contribution is 2.04. The smallest absolute Gasteiger partial charge is 0.607 e. The van der Waals surface area contributed by atoms with Crippen LogP contribution in [0.2, 0.25) is 0 Å². The zero-order chi connectivity index (χ0) is 15.7. The lowest BCUT2D eigenvalue weighted by molar-refractivity contribution is -0.789. The average Bonchev–Trinajstić information content (AvgIpc) is 2.41. The van der Waals surface area contributed by atoms with Crippen LogP contribution in [0.5, 0.6) is 0 Å². The zero-order valence-corrected chi connectivity index (χ0v) is 9.67. The summed E-state index contributed by atoms with van der Waals surface area (Å²) >= 11 is 0. The molecule has 2 rings (SSSR count). The molecular weight excluding hydrogens is 296 g/mol. The highest BCUT2D eigenvalue weighted by molar-refractivity contribution is 5.04. The predicted molar refractivity (Wildman–Crippen MR) is 54.1 cm³/mol. The van der Waals surface area contributed by atoms with E-state index in [1.54, 1.807) is 0 Å². The maximum atomic E-state index is 11.5. The van der Waals surface area contributed by atoms with Gasteiger partial charge in [-0.15, -0.1) is 4.86 Å². The minimum absolute atomic E-state index is 0.349. The Labute approximate surface area is 112 Å². The van der Waals surface area contributed by atoms with Crippen LogP contribution in [-0.4, -0.2) is 25.3 Å². The second-order valence-electron chi connectivity index (χ2n) is 3.18. The molecule has 17 nitrogen and oxygen atoms in total. The normalized spacial score (nSPS) is 11.5. The monoisotopic (exact) mass is 300 g/mol. The van der Waals surface area contributed by atoms with E-state index in [-0.39, 0.29) is 19.4 Å². The molecule has 0 radical (unpaired) electrons. The van der Waals surface area contributed by atoms with E-state index in [0.717, 1.165) is 0 Å². The molecule has 2 aromatic rings. The van der Waals surface area contributed by atoms with Crippen molar-refractivity contribution in [1.29, 1.82) is 0 Å². The lowest BCUT2D eigenvalue weighted by Gasteiger charge is -2.03. The molecule has 0 aliphatic carbocycles. The SMILES string of the molecule is Nc1[n+]([O-])nc(/N=[N+](\[O-])c2n[n+]([O-])c(N)[n+]([O-])n2)n[n+]1[O-]. The molecule has 0 fully saturated rings. The molecule has 110 valence electrons. The predicted octanol–water partition coefficient (Wildman–Crippen LogP) is -5.11. The van der Waals surface area contributed by atoms with Crippen LogP contribution in [0.25, 0.3) is 0 Å². The van der Waals surface area contributed by atoms with Gasteiger partial charge in [0.2, 0.25) is 0 Å². The number of hydrogen-bond acceptors (Lipinski definition) is 12. The molecule has 17 heteroatoms. The highest BCUT2D eigenvalue weighted by Gasteiger charge is 2.26. The van der Waals surface area contributed by atoms with Gasteiger partial charge in [-0.05, 0) is 9.69 Å². The fourth-order valence-corrected chi connectivity index (χ4v) is 0.959. The Morgan fingerprint density at radius 3 is 1.62 bits per heavy atom. The van der Waals surface area contributed by atoms with E-state index < -0.39 is 28.7 Å². The Balaban J connectivity index is 2.46. The van der Waals surface area contributed by atoms with Crippen molar-refractivity contribution in [3.05, 3.63) is 26.0 Å². The first-order chi connectivity index (χ1) is 9.79.